The van der Waals surface area contributed by atoms with Gasteiger partial charge in [0, 0.05) is 0 Å². The molecule has 1 nitrogen and oxygen atoms in total. The zero-order valence-electron chi connectivity index (χ0n) is 8.99. The van der Waals surface area contributed by atoms with Gasteiger partial charge in [-0.05, 0) is 5.92 Å². The third-order valence-corrected chi connectivity index (χ3v) is 0. The summed E-state index contributed by atoms with van der Waals surface area (Å²) in [5.41, 5.74) is 0. The molecule has 11 heavy (non-hydrogen) atoms. The van der Waals surface area contributed by atoms with Crippen molar-refractivity contribution in [2.24, 2.45) is 5.92 Å². The Hall–Kier alpha value is -0.0400. The summed E-state index contributed by atoms with van der Waals surface area (Å²) < 4.78 is 0. The minimum Gasteiger partial charge on any atom is -0.344 e. The molecule has 0 saturated heterocycles. The zero-order valence-corrected chi connectivity index (χ0v) is 8.99. The molecule has 0 saturated carbocycles. The van der Waals surface area contributed by atoms with Crippen molar-refractivity contribution in [2.45, 2.75) is 62.3 Å². The van der Waals surface area contributed by atoms with Gasteiger partial charge < -0.3 is 6.15 Å². The van der Waals surface area contributed by atoms with Crippen molar-refractivity contribution >= 4 is 0 Å². The molecule has 3 N–H and O–H groups in total. The molecular weight excluding hydrogens is 134 g/mol. The predicted octanol–water partition coefficient (Wildman–Crippen LogP) is 4.90. The Bertz CT molecular complexity index is 16.1. The summed E-state index contributed by atoms with van der Waals surface area (Å²) in [4.78, 5) is 0. The molecule has 0 fully saturated rings. The summed E-state index contributed by atoms with van der Waals surface area (Å²) in [7, 11) is 0. The molecular formula is C10H31N. The lowest BCUT2D eigenvalue weighted by Crippen LogP contribution is -1.66. The first-order valence-corrected chi connectivity index (χ1v) is 4.15. The van der Waals surface area contributed by atoms with Gasteiger partial charge in [0.25, 0.3) is 0 Å². The lowest BCUT2D eigenvalue weighted by atomic mass is 10.3. The lowest BCUT2D eigenvalue weighted by Gasteiger charge is -1.79. The molecule has 0 amide bonds. The van der Waals surface area contributed by atoms with E-state index in [1.165, 1.54) is 6.42 Å². The van der Waals surface area contributed by atoms with E-state index < -0.39 is 0 Å². The lowest BCUT2D eigenvalue weighted by molar-refractivity contribution is 0.737. The van der Waals surface area contributed by atoms with Crippen LogP contribution in [0.25, 0.3) is 0 Å². The van der Waals surface area contributed by atoms with Crippen molar-refractivity contribution < 1.29 is 0 Å². The van der Waals surface area contributed by atoms with Gasteiger partial charge in [-0.25, -0.2) is 0 Å². The van der Waals surface area contributed by atoms with Crippen LogP contribution in [0, 0.1) is 5.92 Å². The molecule has 0 aromatic rings. The molecule has 0 heterocycles. The van der Waals surface area contributed by atoms with Gasteiger partial charge in [-0.15, -0.1) is 0 Å². The van der Waals surface area contributed by atoms with Gasteiger partial charge in [0.2, 0.25) is 0 Å². The zero-order chi connectivity index (χ0) is 8.28. The maximum Gasteiger partial charge on any atom is -0.0500 e. The molecule has 0 aliphatic rings. The molecule has 0 atom stereocenters. The molecule has 0 unspecified atom stereocenters. The monoisotopic (exact) mass is 165 g/mol. The van der Waals surface area contributed by atoms with Gasteiger partial charge in [0.15, 0.2) is 0 Å². The van der Waals surface area contributed by atoms with Crippen molar-refractivity contribution in [3.8, 4) is 0 Å². The molecule has 1 heteroatoms. The second-order valence-electron chi connectivity index (χ2n) is 2.44. The van der Waals surface area contributed by atoms with E-state index in [0.29, 0.717) is 0 Å². The number of hydrogen-bond acceptors (Lipinski definition) is 1. The average Bonchev–Trinajstić information content (AvgIpc) is 1.71. The van der Waals surface area contributed by atoms with Crippen molar-refractivity contribution in [2.75, 3.05) is 0 Å². The van der Waals surface area contributed by atoms with Crippen LogP contribution in [0.1, 0.15) is 62.3 Å². The van der Waals surface area contributed by atoms with Gasteiger partial charge in [0.05, 0.1) is 0 Å². The Balaban J connectivity index is -0.0000000158. The largest absolute Gasteiger partial charge is 0.344 e. The summed E-state index contributed by atoms with van der Waals surface area (Å²) in [6.45, 7) is 14.7. The average molecular weight is 165 g/mol. The van der Waals surface area contributed by atoms with Crippen LogP contribution in [0.3, 0.4) is 0 Å². The second kappa shape index (κ2) is 51.0. The highest BCUT2D eigenvalue weighted by atomic mass is 14.0. The van der Waals surface area contributed by atoms with E-state index in [0.717, 1.165) is 5.92 Å². The number of hydrogen-bond donors (Lipinski definition) is 1. The van der Waals surface area contributed by atoms with Crippen molar-refractivity contribution in [1.29, 1.82) is 0 Å². The summed E-state index contributed by atoms with van der Waals surface area (Å²) in [5, 5.41) is 0. The van der Waals surface area contributed by atoms with Crippen molar-refractivity contribution in [1.82, 2.24) is 6.15 Å². The third-order valence-electron chi connectivity index (χ3n) is 0. The van der Waals surface area contributed by atoms with Crippen LogP contribution < -0.4 is 6.15 Å². The first-order valence-electron chi connectivity index (χ1n) is 4.15. The summed E-state index contributed by atoms with van der Waals surface area (Å²) >= 11 is 0. The molecule has 0 aromatic heterocycles. The van der Waals surface area contributed by atoms with Crippen molar-refractivity contribution in [3.05, 3.63) is 0 Å². The Morgan fingerprint density at radius 2 is 0.909 bits per heavy atom. The van der Waals surface area contributed by atoms with Gasteiger partial charge in [-0.3, -0.25) is 0 Å². The van der Waals surface area contributed by atoms with Gasteiger partial charge in [-0.2, -0.15) is 0 Å². The smallest absolute Gasteiger partial charge is 0.0500 e. The normalized spacial score (nSPS) is 5.45. The quantitative estimate of drug-likeness (QED) is 0.544. The maximum absolute atomic E-state index is 2.17. The van der Waals surface area contributed by atoms with Crippen LogP contribution in [0.15, 0.2) is 0 Å². The van der Waals surface area contributed by atoms with E-state index in [1.807, 2.05) is 13.8 Å². The van der Waals surface area contributed by atoms with Crippen LogP contribution in [-0.4, -0.2) is 0 Å². The minimum absolute atomic E-state index is 0. The Morgan fingerprint density at radius 3 is 0.909 bits per heavy atom. The van der Waals surface area contributed by atoms with E-state index in [2.05, 4.69) is 34.6 Å². The van der Waals surface area contributed by atoms with E-state index >= 15 is 0 Å². The molecule has 0 bridgehead atoms. The van der Waals surface area contributed by atoms with Crippen LogP contribution >= 0.6 is 0 Å². The molecule has 0 spiro atoms. The fourth-order valence-electron chi connectivity index (χ4n) is 0. The fourth-order valence-corrected chi connectivity index (χ4v) is 0. The van der Waals surface area contributed by atoms with Crippen LogP contribution in [0.4, 0.5) is 0 Å². The summed E-state index contributed by atoms with van der Waals surface area (Å²) in [6.07, 6.45) is 1.25. The fraction of sp³-hybridized carbons (Fsp3) is 1.00. The first-order chi connectivity index (χ1) is 4.15. The molecule has 0 aliphatic heterocycles. The Labute approximate surface area is 75.2 Å². The Morgan fingerprint density at radius 1 is 0.909 bits per heavy atom. The van der Waals surface area contributed by atoms with Gasteiger partial charge in [-0.1, -0.05) is 62.3 Å². The highest BCUT2D eigenvalue weighted by molar-refractivity contribution is 4.20. The predicted molar refractivity (Wildman–Crippen MR) is 59.6 cm³/mol. The second-order valence-corrected chi connectivity index (χ2v) is 2.44. The molecule has 76 valence electrons. The SMILES string of the molecule is C.CC.CC(C)C.CCC.N. The molecule has 0 radical (unpaired) electrons. The topological polar surface area (TPSA) is 35.0 Å². The van der Waals surface area contributed by atoms with Crippen LogP contribution in [0.5, 0.6) is 0 Å². The van der Waals surface area contributed by atoms with E-state index in [9.17, 15) is 0 Å². The van der Waals surface area contributed by atoms with E-state index in [4.69, 9.17) is 0 Å². The van der Waals surface area contributed by atoms with Gasteiger partial charge in [0.1, 0.15) is 0 Å². The van der Waals surface area contributed by atoms with E-state index in [-0.39, 0.29) is 13.6 Å². The minimum atomic E-state index is 0. The molecule has 0 rings (SSSR count). The van der Waals surface area contributed by atoms with Crippen LogP contribution in [-0.2, 0) is 0 Å². The Kier molecular flexibility index (Phi) is 142. The van der Waals surface area contributed by atoms with Crippen molar-refractivity contribution in [3.63, 3.8) is 0 Å². The molecule has 0 aliphatic carbocycles. The highest BCUT2D eigenvalue weighted by Crippen LogP contribution is 1.81. The number of rotatable bonds is 0. The standard InChI is InChI=1S/C4H10.C3H8.C2H6.CH4.H3N/c1-4(2)3;1-3-2;1-2;;/h4H,1-3H3;3H2,1-2H3;1-2H3;1H4;1H3. The van der Waals surface area contributed by atoms with Gasteiger partial charge >= 0.3 is 0 Å². The third kappa shape index (κ3) is 394000. The maximum atomic E-state index is 2.17. The van der Waals surface area contributed by atoms with E-state index in [1.54, 1.807) is 0 Å². The summed E-state index contributed by atoms with van der Waals surface area (Å²) in [6, 6.07) is 0. The molecule has 0 aromatic carbocycles. The summed E-state index contributed by atoms with van der Waals surface area (Å²) in [5.74, 6) is 0.833. The first kappa shape index (κ1) is 30.6. The highest BCUT2D eigenvalue weighted by Gasteiger charge is 1.68. The van der Waals surface area contributed by atoms with Crippen LogP contribution in [0.2, 0.25) is 0 Å².